The molecule has 0 spiro atoms. The summed E-state index contributed by atoms with van der Waals surface area (Å²) in [5.74, 6) is -0.0513. The van der Waals surface area contributed by atoms with Gasteiger partial charge in [0.2, 0.25) is 5.91 Å². The van der Waals surface area contributed by atoms with Crippen LogP contribution in [-0.2, 0) is 4.79 Å². The molecule has 2 rings (SSSR count). The fourth-order valence-corrected chi connectivity index (χ4v) is 1.27. The van der Waals surface area contributed by atoms with E-state index in [1.807, 2.05) is 32.1 Å². The number of nitrogens with one attached hydrogen (secondary N) is 1. The molecule has 0 saturated carbocycles. The second-order valence-electron chi connectivity index (χ2n) is 4.06. The van der Waals surface area contributed by atoms with Crippen LogP contribution >= 0.6 is 0 Å². The Morgan fingerprint density at radius 3 is 3.00 bits per heavy atom. The van der Waals surface area contributed by atoms with Crippen molar-refractivity contribution < 1.29 is 4.79 Å². The first-order chi connectivity index (χ1) is 7.09. The lowest BCUT2D eigenvalue weighted by molar-refractivity contribution is -0.125. The van der Waals surface area contributed by atoms with Gasteiger partial charge in [-0.25, -0.2) is 4.99 Å². The summed E-state index contributed by atoms with van der Waals surface area (Å²) in [6.45, 7) is 3.66. The standard InChI is InChI=1S/C12H12N2O/c1-12(2)8-13-9-6-4-3-5-7-10(9)14-11(12)15/h3-5,7-8H,1-2H3,(H,14,15). The van der Waals surface area contributed by atoms with E-state index in [9.17, 15) is 4.79 Å². The largest absolute Gasteiger partial charge is 0.323 e. The highest BCUT2D eigenvalue weighted by atomic mass is 16.2. The number of amides is 1. The van der Waals surface area contributed by atoms with Gasteiger partial charge in [0.1, 0.15) is 5.70 Å². The van der Waals surface area contributed by atoms with Crippen molar-refractivity contribution in [1.82, 2.24) is 5.32 Å². The second-order valence-corrected chi connectivity index (χ2v) is 4.06. The minimum atomic E-state index is -0.578. The van der Waals surface area contributed by atoms with Crippen LogP contribution < -0.4 is 5.32 Å². The highest BCUT2D eigenvalue weighted by Crippen LogP contribution is 2.21. The molecular weight excluding hydrogens is 188 g/mol. The van der Waals surface area contributed by atoms with Crippen molar-refractivity contribution in [1.29, 1.82) is 0 Å². The molecule has 0 radical (unpaired) electrons. The van der Waals surface area contributed by atoms with Gasteiger partial charge in [0.25, 0.3) is 0 Å². The summed E-state index contributed by atoms with van der Waals surface area (Å²) in [6, 6.07) is 0. The van der Waals surface area contributed by atoms with E-state index >= 15 is 0 Å². The number of allylic oxidation sites excluding steroid dienone is 3. The lowest BCUT2D eigenvalue weighted by Crippen LogP contribution is -2.35. The van der Waals surface area contributed by atoms with E-state index in [1.165, 1.54) is 0 Å². The molecule has 76 valence electrons. The molecule has 1 aliphatic heterocycles. The molecular formula is C12H12N2O. The summed E-state index contributed by atoms with van der Waals surface area (Å²) in [4.78, 5) is 16.1. The van der Waals surface area contributed by atoms with Gasteiger partial charge < -0.3 is 5.32 Å². The second kappa shape index (κ2) is 3.37. The minimum Gasteiger partial charge on any atom is -0.323 e. The van der Waals surface area contributed by atoms with Crippen LogP contribution in [-0.4, -0.2) is 12.1 Å². The van der Waals surface area contributed by atoms with Crippen LogP contribution in [0, 0.1) is 5.41 Å². The monoisotopic (exact) mass is 200 g/mol. The Kier molecular flexibility index (Phi) is 2.18. The lowest BCUT2D eigenvalue weighted by Gasteiger charge is -2.15. The van der Waals surface area contributed by atoms with Crippen molar-refractivity contribution in [3.05, 3.63) is 41.4 Å². The lowest BCUT2D eigenvalue weighted by atomic mass is 9.94. The van der Waals surface area contributed by atoms with Crippen molar-refractivity contribution in [3.63, 3.8) is 0 Å². The summed E-state index contributed by atoms with van der Waals surface area (Å²) < 4.78 is 0. The Morgan fingerprint density at radius 1 is 1.40 bits per heavy atom. The zero-order valence-corrected chi connectivity index (χ0v) is 8.74. The number of rotatable bonds is 0. The zero-order valence-electron chi connectivity index (χ0n) is 8.74. The zero-order chi connectivity index (χ0) is 10.9. The van der Waals surface area contributed by atoms with Crippen LogP contribution in [0.4, 0.5) is 0 Å². The Balaban J connectivity index is 2.50. The quantitative estimate of drug-likeness (QED) is 0.594. The first-order valence-corrected chi connectivity index (χ1v) is 4.80. The summed E-state index contributed by atoms with van der Waals surface area (Å²) in [5.41, 5.74) is 3.79. The minimum absolute atomic E-state index is 0.0513. The third kappa shape index (κ3) is 1.83. The summed E-state index contributed by atoms with van der Waals surface area (Å²) >= 11 is 0. The molecule has 15 heavy (non-hydrogen) atoms. The van der Waals surface area contributed by atoms with E-state index < -0.39 is 5.41 Å². The molecule has 0 bridgehead atoms. The maximum absolute atomic E-state index is 11.8. The molecule has 1 heterocycles. The van der Waals surface area contributed by atoms with Crippen molar-refractivity contribution >= 4 is 12.1 Å². The van der Waals surface area contributed by atoms with Crippen LogP contribution in [0.3, 0.4) is 0 Å². The molecule has 1 amide bonds. The molecule has 0 atom stereocenters. The molecule has 0 aromatic carbocycles. The van der Waals surface area contributed by atoms with Gasteiger partial charge in [0, 0.05) is 6.21 Å². The summed E-state index contributed by atoms with van der Waals surface area (Å²) in [5, 5.41) is 2.84. The number of carbonyl (C=O) groups is 1. The molecule has 1 N–H and O–H groups in total. The Labute approximate surface area is 88.6 Å². The van der Waals surface area contributed by atoms with E-state index in [1.54, 1.807) is 12.3 Å². The molecule has 2 aliphatic rings. The molecule has 0 saturated heterocycles. The third-order valence-electron chi connectivity index (χ3n) is 2.30. The number of carbonyl (C=O) groups excluding carboxylic acids is 1. The van der Waals surface area contributed by atoms with E-state index in [4.69, 9.17) is 0 Å². The average Bonchev–Trinajstić information content (AvgIpc) is 2.44. The molecule has 3 nitrogen and oxygen atoms in total. The smallest absolute Gasteiger partial charge is 0.235 e. The fraction of sp³-hybridized carbons (Fsp3) is 0.250. The van der Waals surface area contributed by atoms with Crippen LogP contribution in [0.2, 0.25) is 0 Å². The van der Waals surface area contributed by atoms with Crippen LogP contribution in [0.25, 0.3) is 0 Å². The first-order valence-electron chi connectivity index (χ1n) is 4.80. The normalized spacial score (nSPS) is 22.1. The fourth-order valence-electron chi connectivity index (χ4n) is 1.27. The summed E-state index contributed by atoms with van der Waals surface area (Å²) in [7, 11) is 0. The number of hydrogen-bond acceptors (Lipinski definition) is 2. The first kappa shape index (κ1) is 9.69. The number of aliphatic imine (C=N–C) groups is 1. The molecule has 1 aliphatic carbocycles. The van der Waals surface area contributed by atoms with Gasteiger partial charge >= 0.3 is 0 Å². The van der Waals surface area contributed by atoms with Gasteiger partial charge in [-0.05, 0) is 26.0 Å². The molecule has 0 aromatic rings. The topological polar surface area (TPSA) is 41.5 Å². The van der Waals surface area contributed by atoms with Crippen molar-refractivity contribution in [2.24, 2.45) is 10.4 Å². The predicted octanol–water partition coefficient (Wildman–Crippen LogP) is 1.71. The highest BCUT2D eigenvalue weighted by molar-refractivity contribution is 6.00. The Morgan fingerprint density at radius 2 is 2.20 bits per heavy atom. The van der Waals surface area contributed by atoms with E-state index in [0.717, 1.165) is 0 Å². The van der Waals surface area contributed by atoms with Gasteiger partial charge in [-0.15, -0.1) is 0 Å². The van der Waals surface area contributed by atoms with Crippen LogP contribution in [0.5, 0.6) is 0 Å². The van der Waals surface area contributed by atoms with Gasteiger partial charge in [0.15, 0.2) is 0 Å². The Hall–Kier alpha value is -1.86. The van der Waals surface area contributed by atoms with Crippen LogP contribution in [0.15, 0.2) is 46.4 Å². The molecule has 0 aromatic heterocycles. The number of hydrogen-bond donors (Lipinski definition) is 1. The molecule has 0 unspecified atom stereocenters. The molecule has 3 heteroatoms. The predicted molar refractivity (Wildman–Crippen MR) is 59.2 cm³/mol. The van der Waals surface area contributed by atoms with Crippen molar-refractivity contribution in [2.45, 2.75) is 13.8 Å². The Bertz CT molecular complexity index is 458. The maximum Gasteiger partial charge on any atom is 0.235 e. The van der Waals surface area contributed by atoms with Gasteiger partial charge in [-0.2, -0.15) is 0 Å². The van der Waals surface area contributed by atoms with Crippen molar-refractivity contribution in [3.8, 4) is 0 Å². The average molecular weight is 200 g/mol. The van der Waals surface area contributed by atoms with Crippen LogP contribution in [0.1, 0.15) is 13.8 Å². The number of fused-ring (bicyclic) bond motifs is 1. The molecule has 0 fully saturated rings. The summed E-state index contributed by atoms with van der Waals surface area (Å²) in [6.07, 6.45) is 8.96. The highest BCUT2D eigenvalue weighted by Gasteiger charge is 2.29. The van der Waals surface area contributed by atoms with E-state index in [-0.39, 0.29) is 5.91 Å². The van der Waals surface area contributed by atoms with Crippen molar-refractivity contribution in [2.75, 3.05) is 0 Å². The van der Waals surface area contributed by atoms with Gasteiger partial charge in [-0.3, -0.25) is 4.79 Å². The van der Waals surface area contributed by atoms with E-state index in [2.05, 4.69) is 16.0 Å². The van der Waals surface area contributed by atoms with Gasteiger partial charge in [-0.1, -0.05) is 17.9 Å². The third-order valence-corrected chi connectivity index (χ3v) is 2.30. The number of nitrogens with zero attached hydrogens (tertiary/aromatic N) is 1. The van der Waals surface area contributed by atoms with E-state index in [0.29, 0.717) is 11.4 Å². The van der Waals surface area contributed by atoms with Gasteiger partial charge in [0.05, 0.1) is 11.1 Å². The maximum atomic E-state index is 11.8. The SMILES string of the molecule is CC1(C)C=NC2=C=CC=CC=C2NC1=O.